The highest BCUT2D eigenvalue weighted by molar-refractivity contribution is 6.30. The highest BCUT2D eigenvalue weighted by atomic mass is 35.5. The van der Waals surface area contributed by atoms with Crippen LogP contribution in [0.5, 0.6) is 0 Å². The summed E-state index contributed by atoms with van der Waals surface area (Å²) in [4.78, 5) is 33.0. The number of hydrogen-bond donors (Lipinski definition) is 1. The first-order valence-electron chi connectivity index (χ1n) is 10.6. The van der Waals surface area contributed by atoms with Gasteiger partial charge in [-0.2, -0.15) is 5.26 Å². The molecule has 2 N–H and O–H groups in total. The Labute approximate surface area is 200 Å². The Kier molecular flexibility index (Phi) is 5.18. The Balaban J connectivity index is 1.80. The van der Waals surface area contributed by atoms with E-state index in [1.807, 2.05) is 0 Å². The average Bonchev–Trinajstić information content (AvgIpc) is 3.16. The molecule has 0 unspecified atom stereocenters. The maximum Gasteiger partial charge on any atom is 0.241 e. The Morgan fingerprint density at radius 2 is 1.94 bits per heavy atom. The van der Waals surface area contributed by atoms with E-state index in [0.29, 0.717) is 27.4 Å². The van der Waals surface area contributed by atoms with Crippen LogP contribution in [0.1, 0.15) is 27.4 Å². The van der Waals surface area contributed by atoms with E-state index in [9.17, 15) is 19.2 Å². The van der Waals surface area contributed by atoms with Crippen molar-refractivity contribution < 1.29 is 14.0 Å². The molecule has 1 amide bonds. The first-order valence-corrected chi connectivity index (χ1v) is 10.9. The zero-order valence-corrected chi connectivity index (χ0v) is 18.5. The van der Waals surface area contributed by atoms with Gasteiger partial charge in [0.25, 0.3) is 0 Å². The molecule has 0 bridgehead atoms. The van der Waals surface area contributed by atoms with Crippen molar-refractivity contribution in [3.63, 3.8) is 0 Å². The van der Waals surface area contributed by atoms with Crippen molar-refractivity contribution >= 4 is 35.1 Å². The number of nitrogens with zero attached hydrogens (tertiary/aromatic N) is 3. The third-order valence-electron chi connectivity index (χ3n) is 6.63. The van der Waals surface area contributed by atoms with Crippen LogP contribution in [0, 0.1) is 22.6 Å². The molecule has 0 saturated carbocycles. The Hall–Kier alpha value is -4.02. The SMILES string of the molecule is N#C[C@]1(C(N)=O)[C@H](c2cccnc2)[C@H](C(=O)c2ccc(Cl)cc2)N2c3ccc(F)cc3C=C[C@@H]21. The molecule has 1 saturated heterocycles. The Morgan fingerprint density at radius 3 is 2.59 bits per heavy atom. The van der Waals surface area contributed by atoms with Gasteiger partial charge in [0.1, 0.15) is 11.9 Å². The van der Waals surface area contributed by atoms with Crippen LogP contribution in [-0.4, -0.2) is 28.8 Å². The van der Waals surface area contributed by atoms with Gasteiger partial charge in [0, 0.05) is 40.1 Å². The summed E-state index contributed by atoms with van der Waals surface area (Å²) in [6, 6.07) is 14.3. The molecule has 0 radical (unpaired) electrons. The highest BCUT2D eigenvalue weighted by Gasteiger charge is 2.65. The maximum absolute atomic E-state index is 14.0. The number of halogens is 2. The van der Waals surface area contributed by atoms with Gasteiger partial charge in [-0.25, -0.2) is 4.39 Å². The van der Waals surface area contributed by atoms with Gasteiger partial charge in [-0.3, -0.25) is 14.6 Å². The zero-order valence-electron chi connectivity index (χ0n) is 17.7. The van der Waals surface area contributed by atoms with Crippen LogP contribution in [0.15, 0.2) is 73.1 Å². The minimum atomic E-state index is -1.78. The van der Waals surface area contributed by atoms with E-state index in [2.05, 4.69) is 11.1 Å². The monoisotopic (exact) mass is 472 g/mol. The van der Waals surface area contributed by atoms with Crippen molar-refractivity contribution in [3.8, 4) is 6.07 Å². The lowest BCUT2D eigenvalue weighted by Gasteiger charge is -2.36. The fraction of sp³-hybridized carbons (Fsp3) is 0.154. The number of anilines is 1. The molecule has 3 aromatic rings. The minimum absolute atomic E-state index is 0.320. The number of primary amides is 1. The molecular formula is C26H18ClFN4O2. The molecule has 2 aromatic carbocycles. The lowest BCUT2D eigenvalue weighted by molar-refractivity contribution is -0.125. The summed E-state index contributed by atoms with van der Waals surface area (Å²) in [6.07, 6.45) is 6.41. The van der Waals surface area contributed by atoms with Gasteiger partial charge < -0.3 is 10.6 Å². The molecule has 5 rings (SSSR count). The molecule has 1 aromatic heterocycles. The molecule has 0 spiro atoms. The second-order valence-corrected chi connectivity index (χ2v) is 8.78. The number of nitrogens with two attached hydrogens (primary N) is 1. The number of amides is 1. The molecule has 2 aliphatic rings. The standard InChI is InChI=1S/C26H18ClFN4O2/c27-18-6-3-15(4-7-18)24(33)23-22(17-2-1-11-31-13-17)26(14-29,25(30)34)21-10-5-16-12-19(28)8-9-20(16)32(21)23/h1-13,21-23H,(H2,30,34)/t21-,22-,23-,26-/m1/s1. The molecule has 1 fully saturated rings. The Morgan fingerprint density at radius 1 is 1.18 bits per heavy atom. The number of carbonyl (C=O) groups excluding carboxylic acids is 2. The second kappa shape index (κ2) is 8.08. The van der Waals surface area contributed by atoms with Crippen LogP contribution in [-0.2, 0) is 4.79 Å². The Bertz CT molecular complexity index is 1370. The summed E-state index contributed by atoms with van der Waals surface area (Å²) < 4.78 is 14.0. The first kappa shape index (κ1) is 21.8. The second-order valence-electron chi connectivity index (χ2n) is 8.34. The van der Waals surface area contributed by atoms with E-state index in [4.69, 9.17) is 17.3 Å². The summed E-state index contributed by atoms with van der Waals surface area (Å²) in [7, 11) is 0. The van der Waals surface area contributed by atoms with Gasteiger partial charge in [0.15, 0.2) is 11.2 Å². The molecule has 168 valence electrons. The number of benzene rings is 2. The number of Topliss-reactive ketones (excluding diaryl/α,β-unsaturated/α-hetero) is 1. The lowest BCUT2D eigenvalue weighted by Crippen LogP contribution is -2.49. The number of rotatable bonds is 4. The van der Waals surface area contributed by atoms with Gasteiger partial charge in [0.05, 0.1) is 12.1 Å². The number of fused-ring (bicyclic) bond motifs is 3. The maximum atomic E-state index is 14.0. The zero-order chi connectivity index (χ0) is 24.0. The van der Waals surface area contributed by atoms with Crippen molar-refractivity contribution in [2.45, 2.75) is 18.0 Å². The van der Waals surface area contributed by atoms with Crippen molar-refractivity contribution in [3.05, 3.63) is 101 Å². The quantitative estimate of drug-likeness (QED) is 0.576. The average molecular weight is 473 g/mol. The fourth-order valence-corrected chi connectivity index (χ4v) is 5.30. The van der Waals surface area contributed by atoms with Crippen molar-refractivity contribution in [2.24, 2.45) is 11.1 Å². The van der Waals surface area contributed by atoms with Crippen LogP contribution in [0.2, 0.25) is 5.02 Å². The van der Waals surface area contributed by atoms with Crippen molar-refractivity contribution in [2.75, 3.05) is 4.90 Å². The third-order valence-corrected chi connectivity index (χ3v) is 6.88. The number of nitriles is 1. The molecular weight excluding hydrogens is 455 g/mol. The van der Waals surface area contributed by atoms with Gasteiger partial charge in [0.2, 0.25) is 5.91 Å². The minimum Gasteiger partial charge on any atom is -0.368 e. The van der Waals surface area contributed by atoms with Crippen LogP contribution in [0.25, 0.3) is 6.08 Å². The highest BCUT2D eigenvalue weighted by Crippen LogP contribution is 2.55. The number of pyridine rings is 1. The van der Waals surface area contributed by atoms with E-state index in [-0.39, 0.29) is 5.78 Å². The lowest BCUT2D eigenvalue weighted by atomic mass is 9.68. The van der Waals surface area contributed by atoms with Crippen molar-refractivity contribution in [1.29, 1.82) is 5.26 Å². The summed E-state index contributed by atoms with van der Waals surface area (Å²) in [6.45, 7) is 0. The molecule has 34 heavy (non-hydrogen) atoms. The largest absolute Gasteiger partial charge is 0.368 e. The van der Waals surface area contributed by atoms with Crippen LogP contribution >= 0.6 is 11.6 Å². The summed E-state index contributed by atoms with van der Waals surface area (Å²) in [5.41, 5.74) is 6.09. The van der Waals surface area contributed by atoms with Crippen LogP contribution in [0.3, 0.4) is 0 Å². The topological polar surface area (TPSA) is 100 Å². The van der Waals surface area contributed by atoms with E-state index in [1.165, 1.54) is 18.3 Å². The first-order chi connectivity index (χ1) is 16.4. The predicted octanol–water partition coefficient (Wildman–Crippen LogP) is 4.12. The summed E-state index contributed by atoms with van der Waals surface area (Å²) in [5.74, 6) is -2.54. The van der Waals surface area contributed by atoms with Crippen molar-refractivity contribution in [1.82, 2.24) is 4.98 Å². The number of aromatic nitrogens is 1. The molecule has 2 aliphatic heterocycles. The molecule has 6 nitrogen and oxygen atoms in total. The molecule has 8 heteroatoms. The van der Waals surface area contributed by atoms with Gasteiger partial charge in [-0.1, -0.05) is 29.8 Å². The van der Waals surface area contributed by atoms with Gasteiger partial charge in [-0.15, -0.1) is 0 Å². The van der Waals surface area contributed by atoms with E-state index < -0.39 is 35.1 Å². The van der Waals surface area contributed by atoms with Crippen LogP contribution < -0.4 is 10.6 Å². The summed E-state index contributed by atoms with van der Waals surface area (Å²) in [5, 5.41) is 10.9. The van der Waals surface area contributed by atoms with Gasteiger partial charge >= 0.3 is 0 Å². The summed E-state index contributed by atoms with van der Waals surface area (Å²) >= 11 is 6.02. The number of hydrogen-bond acceptors (Lipinski definition) is 5. The number of carbonyl (C=O) groups is 2. The molecule has 4 atom stereocenters. The third kappa shape index (κ3) is 3.11. The number of ketones is 1. The molecule has 0 aliphatic carbocycles. The van der Waals surface area contributed by atoms with E-state index in [1.54, 1.807) is 65.7 Å². The predicted molar refractivity (Wildman–Crippen MR) is 125 cm³/mol. The normalized spacial score (nSPS) is 24.7. The fourth-order valence-electron chi connectivity index (χ4n) is 5.18. The van der Waals surface area contributed by atoms with Crippen LogP contribution in [0.4, 0.5) is 10.1 Å². The van der Waals surface area contributed by atoms with Gasteiger partial charge in [-0.05, 0) is 54.1 Å². The van der Waals surface area contributed by atoms with E-state index in [0.717, 1.165) is 0 Å². The molecule has 3 heterocycles. The smallest absolute Gasteiger partial charge is 0.241 e. The van der Waals surface area contributed by atoms with E-state index >= 15 is 0 Å².